The van der Waals surface area contributed by atoms with Crippen molar-refractivity contribution in [3.63, 3.8) is 0 Å². The number of aryl methyl sites for hydroxylation is 2. The van der Waals surface area contributed by atoms with Crippen LogP contribution in [0.25, 0.3) is 0 Å². The van der Waals surface area contributed by atoms with Crippen LogP contribution in [0.3, 0.4) is 0 Å². The highest BCUT2D eigenvalue weighted by Crippen LogP contribution is 2.27. The van der Waals surface area contributed by atoms with E-state index in [1.165, 1.54) is 16.7 Å². The van der Waals surface area contributed by atoms with E-state index in [1.807, 2.05) is 25.7 Å². The van der Waals surface area contributed by atoms with Crippen LogP contribution < -0.4 is 10.2 Å². The predicted octanol–water partition coefficient (Wildman–Crippen LogP) is 4.44. The highest BCUT2D eigenvalue weighted by Gasteiger charge is 2.27. The number of carbonyl (C=O) groups is 1. The van der Waals surface area contributed by atoms with Gasteiger partial charge in [0, 0.05) is 55.3 Å². The number of benzene rings is 1. The zero-order chi connectivity index (χ0) is 22.8. The summed E-state index contributed by atoms with van der Waals surface area (Å²) in [7, 11) is 0. The van der Waals surface area contributed by atoms with Crippen LogP contribution in [-0.2, 0) is 6.42 Å². The molecule has 168 valence electrons. The highest BCUT2D eigenvalue weighted by atomic mass is 16.2. The molecule has 6 heteroatoms. The number of piperazine rings is 1. The van der Waals surface area contributed by atoms with E-state index < -0.39 is 0 Å². The van der Waals surface area contributed by atoms with Gasteiger partial charge in [-0.25, -0.2) is 14.8 Å². The summed E-state index contributed by atoms with van der Waals surface area (Å²) in [5, 5.41) is 3.07. The molecule has 3 rings (SSSR count). The minimum absolute atomic E-state index is 0.00812. The van der Waals surface area contributed by atoms with Crippen molar-refractivity contribution in [2.75, 3.05) is 31.1 Å². The number of aromatic nitrogens is 2. The van der Waals surface area contributed by atoms with Crippen LogP contribution in [0.15, 0.2) is 24.3 Å². The summed E-state index contributed by atoms with van der Waals surface area (Å²) in [6.45, 7) is 17.4. The van der Waals surface area contributed by atoms with Crippen molar-refractivity contribution >= 4 is 11.8 Å². The van der Waals surface area contributed by atoms with E-state index in [2.05, 4.69) is 62.2 Å². The van der Waals surface area contributed by atoms with Gasteiger partial charge >= 0.3 is 6.03 Å². The lowest BCUT2D eigenvalue weighted by atomic mass is 10.0. The second kappa shape index (κ2) is 9.25. The lowest BCUT2D eigenvalue weighted by Gasteiger charge is -2.37. The molecule has 1 aliphatic rings. The Morgan fingerprint density at radius 1 is 1.03 bits per heavy atom. The lowest BCUT2D eigenvalue weighted by Crippen LogP contribution is -2.55. The van der Waals surface area contributed by atoms with Crippen molar-refractivity contribution in [3.8, 4) is 0 Å². The summed E-state index contributed by atoms with van der Waals surface area (Å²) in [6, 6.07) is 8.68. The van der Waals surface area contributed by atoms with Gasteiger partial charge in [-0.2, -0.15) is 0 Å². The lowest BCUT2D eigenvalue weighted by molar-refractivity contribution is 0.185. The molecule has 2 aromatic rings. The quantitative estimate of drug-likeness (QED) is 0.790. The third-order valence-corrected chi connectivity index (χ3v) is 5.58. The number of hydrogen-bond acceptors (Lipinski definition) is 4. The van der Waals surface area contributed by atoms with Gasteiger partial charge in [0.1, 0.15) is 11.6 Å². The molecule has 31 heavy (non-hydrogen) atoms. The van der Waals surface area contributed by atoms with Gasteiger partial charge in [0.25, 0.3) is 0 Å². The van der Waals surface area contributed by atoms with Crippen LogP contribution in [0.4, 0.5) is 10.6 Å². The number of rotatable bonds is 4. The van der Waals surface area contributed by atoms with Crippen LogP contribution in [0, 0.1) is 13.8 Å². The Morgan fingerprint density at radius 3 is 2.19 bits per heavy atom. The first-order chi connectivity index (χ1) is 14.5. The molecular weight excluding hydrogens is 386 g/mol. The van der Waals surface area contributed by atoms with Gasteiger partial charge in [-0.1, -0.05) is 43.7 Å². The molecule has 1 N–H and O–H groups in total. The maximum Gasteiger partial charge on any atom is 0.317 e. The van der Waals surface area contributed by atoms with E-state index in [1.54, 1.807) is 0 Å². The highest BCUT2D eigenvalue weighted by molar-refractivity contribution is 5.75. The zero-order valence-corrected chi connectivity index (χ0v) is 20.1. The van der Waals surface area contributed by atoms with E-state index >= 15 is 0 Å². The summed E-state index contributed by atoms with van der Waals surface area (Å²) < 4.78 is 0. The second-order valence-electron chi connectivity index (χ2n) is 9.94. The zero-order valence-electron chi connectivity index (χ0n) is 20.1. The van der Waals surface area contributed by atoms with E-state index in [9.17, 15) is 4.79 Å². The molecule has 1 aromatic carbocycles. The fourth-order valence-corrected chi connectivity index (χ4v) is 3.76. The Balaban J connectivity index is 1.84. The first-order valence-electron chi connectivity index (χ1n) is 11.3. The van der Waals surface area contributed by atoms with Crippen molar-refractivity contribution in [2.45, 2.75) is 66.3 Å². The van der Waals surface area contributed by atoms with E-state index in [4.69, 9.17) is 9.97 Å². The predicted molar refractivity (Wildman–Crippen MR) is 127 cm³/mol. The molecule has 0 radical (unpaired) electrons. The third-order valence-electron chi connectivity index (χ3n) is 5.58. The molecule has 0 aliphatic carbocycles. The molecule has 0 unspecified atom stereocenters. The van der Waals surface area contributed by atoms with Gasteiger partial charge in [-0.05, 0) is 40.2 Å². The standard InChI is InChI=1S/C25H37N5O/c1-17(2)22-26-19(4)21(16-20-10-8-18(3)9-11-20)23(27-22)29-12-14-30(15-13-29)24(31)28-25(5,6)7/h8-11,17H,12-16H2,1-7H3,(H,28,31). The first-order valence-corrected chi connectivity index (χ1v) is 11.3. The smallest absolute Gasteiger partial charge is 0.317 e. The summed E-state index contributed by atoms with van der Waals surface area (Å²) in [4.78, 5) is 26.6. The van der Waals surface area contributed by atoms with E-state index in [0.717, 1.165) is 36.8 Å². The summed E-state index contributed by atoms with van der Waals surface area (Å²) in [6.07, 6.45) is 0.810. The maximum absolute atomic E-state index is 12.6. The minimum atomic E-state index is -0.231. The van der Waals surface area contributed by atoms with Gasteiger partial charge in [-0.3, -0.25) is 0 Å². The average molecular weight is 424 g/mol. The molecule has 1 aromatic heterocycles. The number of amides is 2. The van der Waals surface area contributed by atoms with Gasteiger partial charge in [0.15, 0.2) is 0 Å². The van der Waals surface area contributed by atoms with Crippen LogP contribution in [-0.4, -0.2) is 52.6 Å². The Hall–Kier alpha value is -2.63. The topological polar surface area (TPSA) is 61.4 Å². The SMILES string of the molecule is Cc1ccc(Cc2c(C)nc(C(C)C)nc2N2CCN(C(=O)NC(C)(C)C)CC2)cc1. The van der Waals surface area contributed by atoms with Crippen LogP contribution in [0.2, 0.25) is 0 Å². The Labute approximate surface area is 187 Å². The molecule has 1 aliphatic heterocycles. The van der Waals surface area contributed by atoms with Gasteiger partial charge in [0.05, 0.1) is 0 Å². The third kappa shape index (κ3) is 5.96. The van der Waals surface area contributed by atoms with Crippen LogP contribution in [0.1, 0.15) is 68.7 Å². The number of carbonyl (C=O) groups excluding carboxylic acids is 1. The largest absolute Gasteiger partial charge is 0.353 e. The molecule has 1 fully saturated rings. The van der Waals surface area contributed by atoms with Crippen molar-refractivity contribution in [1.82, 2.24) is 20.2 Å². The molecule has 6 nitrogen and oxygen atoms in total. The molecule has 2 heterocycles. The van der Waals surface area contributed by atoms with Crippen molar-refractivity contribution in [3.05, 3.63) is 52.5 Å². The summed E-state index contributed by atoms with van der Waals surface area (Å²) >= 11 is 0. The molecule has 0 saturated carbocycles. The number of urea groups is 1. The summed E-state index contributed by atoms with van der Waals surface area (Å²) in [5.74, 6) is 2.17. The molecule has 0 atom stereocenters. The van der Waals surface area contributed by atoms with E-state index in [0.29, 0.717) is 13.1 Å². The van der Waals surface area contributed by atoms with Gasteiger partial charge in [0.2, 0.25) is 0 Å². The Morgan fingerprint density at radius 2 is 1.65 bits per heavy atom. The molecule has 0 bridgehead atoms. The Kier molecular flexibility index (Phi) is 6.87. The maximum atomic E-state index is 12.6. The average Bonchev–Trinajstić information content (AvgIpc) is 2.69. The molecule has 2 amide bonds. The van der Waals surface area contributed by atoms with Gasteiger partial charge in [-0.15, -0.1) is 0 Å². The minimum Gasteiger partial charge on any atom is -0.353 e. The molecule has 1 saturated heterocycles. The number of anilines is 1. The number of hydrogen-bond donors (Lipinski definition) is 1. The molecular formula is C25H37N5O. The fraction of sp³-hybridized carbons (Fsp3) is 0.560. The summed E-state index contributed by atoms with van der Waals surface area (Å²) in [5.41, 5.74) is 4.52. The van der Waals surface area contributed by atoms with Crippen molar-refractivity contribution < 1.29 is 4.79 Å². The second-order valence-corrected chi connectivity index (χ2v) is 9.94. The fourth-order valence-electron chi connectivity index (χ4n) is 3.76. The normalized spacial score (nSPS) is 14.8. The van der Waals surface area contributed by atoms with Gasteiger partial charge < -0.3 is 15.1 Å². The van der Waals surface area contributed by atoms with Crippen LogP contribution >= 0.6 is 0 Å². The molecule has 0 spiro atoms. The first kappa shape index (κ1) is 23.0. The monoisotopic (exact) mass is 423 g/mol. The Bertz CT molecular complexity index is 907. The number of nitrogens with one attached hydrogen (secondary N) is 1. The van der Waals surface area contributed by atoms with Crippen molar-refractivity contribution in [1.29, 1.82) is 0 Å². The number of nitrogens with zero attached hydrogens (tertiary/aromatic N) is 4. The van der Waals surface area contributed by atoms with E-state index in [-0.39, 0.29) is 17.5 Å². The van der Waals surface area contributed by atoms with Crippen LogP contribution in [0.5, 0.6) is 0 Å². The van der Waals surface area contributed by atoms with Crippen molar-refractivity contribution in [2.24, 2.45) is 0 Å².